The van der Waals surface area contributed by atoms with Crippen LogP contribution in [0.25, 0.3) is 10.8 Å². The van der Waals surface area contributed by atoms with Gasteiger partial charge in [-0.05, 0) is 22.9 Å². The first-order valence-electron chi connectivity index (χ1n) is 6.45. The van der Waals surface area contributed by atoms with E-state index >= 15 is 0 Å². The number of ether oxygens (including phenoxy) is 1. The number of hydrogen-bond donors (Lipinski definition) is 1. The lowest BCUT2D eigenvalue weighted by Gasteiger charge is -2.26. The molecule has 0 bridgehead atoms. The Kier molecular flexibility index (Phi) is 4.75. The summed E-state index contributed by atoms with van der Waals surface area (Å²) in [6.45, 7) is 0. The van der Waals surface area contributed by atoms with E-state index in [-0.39, 0.29) is 0 Å². The number of fused-ring (bicyclic) bond motifs is 1. The minimum absolute atomic E-state index is 0.419. The van der Waals surface area contributed by atoms with Gasteiger partial charge >= 0.3 is 27.5 Å². The third kappa shape index (κ3) is 3.87. The minimum Gasteiger partial charge on any atom is -0.441 e. The van der Waals surface area contributed by atoms with Gasteiger partial charge in [0.25, 0.3) is 6.10 Å². The number of carbonyl (C=O) groups excluding carboxylic acids is 1. The van der Waals surface area contributed by atoms with Crippen LogP contribution >= 0.6 is 0 Å². The van der Waals surface area contributed by atoms with Crippen LogP contribution in [0.3, 0.4) is 0 Å². The van der Waals surface area contributed by atoms with E-state index in [0.717, 1.165) is 12.1 Å². The third-order valence-corrected chi connectivity index (χ3v) is 4.06. The molecule has 11 heteroatoms. The number of alkyl halides is 5. The van der Waals surface area contributed by atoms with Crippen LogP contribution in [-0.2, 0) is 14.9 Å². The van der Waals surface area contributed by atoms with E-state index in [4.69, 9.17) is 4.55 Å². The van der Waals surface area contributed by atoms with Crippen LogP contribution in [0.4, 0.5) is 22.0 Å². The average Bonchev–Trinajstić information content (AvgIpc) is 2.49. The molecule has 0 spiro atoms. The van der Waals surface area contributed by atoms with Crippen molar-refractivity contribution in [2.75, 3.05) is 0 Å². The Bertz CT molecular complexity index is 907. The average molecular weight is 384 g/mol. The van der Waals surface area contributed by atoms with Gasteiger partial charge in [-0.25, -0.2) is 4.79 Å². The van der Waals surface area contributed by atoms with Gasteiger partial charge < -0.3 is 4.74 Å². The standard InChI is InChI=1S/C14H9F5O5S/c15-13(16,17)12(14(18,19)25(21,22)23)24-11(20)10-6-5-8-3-1-2-4-9(8)7-10/h1-7,12H,(H,21,22,23). The number of rotatable bonds is 4. The van der Waals surface area contributed by atoms with Gasteiger partial charge in [-0.1, -0.05) is 30.3 Å². The Morgan fingerprint density at radius 3 is 2.08 bits per heavy atom. The molecule has 1 atom stereocenters. The van der Waals surface area contributed by atoms with E-state index in [0.29, 0.717) is 10.8 Å². The molecule has 2 aromatic rings. The van der Waals surface area contributed by atoms with Crippen LogP contribution in [0.2, 0.25) is 0 Å². The summed E-state index contributed by atoms with van der Waals surface area (Å²) in [7, 11) is -6.48. The lowest BCUT2D eigenvalue weighted by Crippen LogP contribution is -2.52. The molecule has 1 unspecified atom stereocenters. The quantitative estimate of drug-likeness (QED) is 0.496. The highest BCUT2D eigenvalue weighted by molar-refractivity contribution is 7.86. The molecular formula is C14H9F5O5S. The Morgan fingerprint density at radius 2 is 1.56 bits per heavy atom. The monoisotopic (exact) mass is 384 g/mol. The predicted octanol–water partition coefficient (Wildman–Crippen LogP) is 3.41. The highest BCUT2D eigenvalue weighted by Crippen LogP contribution is 2.38. The lowest BCUT2D eigenvalue weighted by molar-refractivity contribution is -0.248. The van der Waals surface area contributed by atoms with Crippen LogP contribution in [0.1, 0.15) is 10.4 Å². The first-order chi connectivity index (χ1) is 11.3. The van der Waals surface area contributed by atoms with Crippen molar-refractivity contribution in [1.82, 2.24) is 0 Å². The molecule has 0 heterocycles. The number of hydrogen-bond acceptors (Lipinski definition) is 4. The summed E-state index contributed by atoms with van der Waals surface area (Å²) in [5, 5.41) is -4.73. The summed E-state index contributed by atoms with van der Waals surface area (Å²) in [5.74, 6) is -1.82. The van der Waals surface area contributed by atoms with Gasteiger partial charge in [0, 0.05) is 0 Å². The van der Waals surface area contributed by atoms with Crippen molar-refractivity contribution in [3.63, 3.8) is 0 Å². The second kappa shape index (κ2) is 6.23. The van der Waals surface area contributed by atoms with Crippen LogP contribution in [0, 0.1) is 0 Å². The molecule has 0 aliphatic rings. The maximum Gasteiger partial charge on any atom is 0.432 e. The SMILES string of the molecule is O=C(OC(C(F)(F)F)C(F)(F)S(=O)(=O)O)c1ccc2ccccc2c1. The van der Waals surface area contributed by atoms with Crippen molar-refractivity contribution in [3.05, 3.63) is 48.0 Å². The van der Waals surface area contributed by atoms with Crippen LogP contribution in [0.15, 0.2) is 42.5 Å². The van der Waals surface area contributed by atoms with Gasteiger partial charge in [-0.3, -0.25) is 4.55 Å². The van der Waals surface area contributed by atoms with Crippen LogP contribution < -0.4 is 0 Å². The molecule has 1 N–H and O–H groups in total. The summed E-state index contributed by atoms with van der Waals surface area (Å²) in [4.78, 5) is 11.8. The van der Waals surface area contributed by atoms with Gasteiger partial charge in [-0.15, -0.1) is 0 Å². The Morgan fingerprint density at radius 1 is 1.00 bits per heavy atom. The van der Waals surface area contributed by atoms with Crippen molar-refractivity contribution in [3.8, 4) is 0 Å². The largest absolute Gasteiger partial charge is 0.441 e. The fourth-order valence-electron chi connectivity index (χ4n) is 1.95. The normalized spacial score (nSPS) is 14.3. The van der Waals surface area contributed by atoms with E-state index in [9.17, 15) is 35.2 Å². The Balaban J connectivity index is 2.39. The molecule has 0 aliphatic heterocycles. The molecule has 0 radical (unpaired) electrons. The van der Waals surface area contributed by atoms with E-state index in [1.165, 1.54) is 12.1 Å². The molecule has 25 heavy (non-hydrogen) atoms. The van der Waals surface area contributed by atoms with Gasteiger partial charge in [0.05, 0.1) is 5.56 Å². The molecule has 0 aromatic heterocycles. The van der Waals surface area contributed by atoms with Crippen molar-refractivity contribution in [2.45, 2.75) is 17.5 Å². The van der Waals surface area contributed by atoms with E-state index in [1.54, 1.807) is 18.2 Å². The first-order valence-corrected chi connectivity index (χ1v) is 7.89. The fraction of sp³-hybridized carbons (Fsp3) is 0.214. The summed E-state index contributed by atoms with van der Waals surface area (Å²) in [6, 6.07) is 9.85. The van der Waals surface area contributed by atoms with Crippen molar-refractivity contribution >= 4 is 26.9 Å². The maximum absolute atomic E-state index is 13.4. The summed E-state index contributed by atoms with van der Waals surface area (Å²) >= 11 is 0. The van der Waals surface area contributed by atoms with Gasteiger partial charge in [0.1, 0.15) is 0 Å². The predicted molar refractivity (Wildman–Crippen MR) is 75.7 cm³/mol. The van der Waals surface area contributed by atoms with E-state index < -0.39 is 39.2 Å². The summed E-state index contributed by atoms with van der Waals surface area (Å²) in [5.41, 5.74) is -0.501. The van der Waals surface area contributed by atoms with E-state index in [1.807, 2.05) is 0 Å². The van der Waals surface area contributed by atoms with Gasteiger partial charge in [-0.2, -0.15) is 30.4 Å². The molecule has 2 rings (SSSR count). The number of esters is 1. The topological polar surface area (TPSA) is 80.7 Å². The number of halogens is 5. The smallest absolute Gasteiger partial charge is 0.432 e. The molecule has 136 valence electrons. The van der Waals surface area contributed by atoms with Gasteiger partial charge in [0.2, 0.25) is 0 Å². The fourth-order valence-corrected chi connectivity index (χ4v) is 2.40. The highest BCUT2D eigenvalue weighted by Gasteiger charge is 2.66. The molecule has 5 nitrogen and oxygen atoms in total. The Hall–Kier alpha value is -2.27. The summed E-state index contributed by atoms with van der Waals surface area (Å²) in [6.07, 6.45) is -10.3. The molecular weight excluding hydrogens is 375 g/mol. The number of carbonyl (C=O) groups is 1. The zero-order chi connectivity index (χ0) is 19.0. The Labute approximate surface area is 137 Å². The molecule has 0 saturated carbocycles. The molecule has 0 aliphatic carbocycles. The van der Waals surface area contributed by atoms with Crippen LogP contribution in [0.5, 0.6) is 0 Å². The molecule has 2 aromatic carbocycles. The molecule has 0 fully saturated rings. The zero-order valence-corrected chi connectivity index (χ0v) is 12.8. The second-order valence-electron chi connectivity index (χ2n) is 4.93. The van der Waals surface area contributed by atoms with Crippen molar-refractivity contribution in [1.29, 1.82) is 0 Å². The zero-order valence-electron chi connectivity index (χ0n) is 12.0. The van der Waals surface area contributed by atoms with Crippen LogP contribution in [-0.4, -0.2) is 36.5 Å². The first kappa shape index (κ1) is 19.1. The second-order valence-corrected chi connectivity index (χ2v) is 6.42. The molecule has 0 amide bonds. The minimum atomic E-state index is -6.48. The maximum atomic E-state index is 13.4. The van der Waals surface area contributed by atoms with E-state index in [2.05, 4.69) is 4.74 Å². The molecule has 0 saturated heterocycles. The van der Waals surface area contributed by atoms with Gasteiger partial charge in [0.15, 0.2) is 0 Å². The highest BCUT2D eigenvalue weighted by atomic mass is 32.2. The number of benzene rings is 2. The lowest BCUT2D eigenvalue weighted by atomic mass is 10.1. The van der Waals surface area contributed by atoms with Crippen molar-refractivity contribution in [2.24, 2.45) is 0 Å². The van der Waals surface area contributed by atoms with Crippen molar-refractivity contribution < 1.29 is 44.5 Å². The summed E-state index contributed by atoms with van der Waals surface area (Å²) < 4.78 is 98.1. The third-order valence-electron chi connectivity index (χ3n) is 3.16.